The van der Waals surface area contributed by atoms with E-state index in [1.165, 1.54) is 6.07 Å². The molecule has 6 heteroatoms. The molecule has 0 radical (unpaired) electrons. The maximum atomic E-state index is 13.4. The fourth-order valence-electron chi connectivity index (χ4n) is 1.38. The van der Waals surface area contributed by atoms with Crippen molar-refractivity contribution in [3.05, 3.63) is 34.1 Å². The van der Waals surface area contributed by atoms with Gasteiger partial charge in [-0.2, -0.15) is 0 Å². The molecule has 15 heavy (non-hydrogen) atoms. The highest BCUT2D eigenvalue weighted by molar-refractivity contribution is 9.10. The standard InChI is InChI=1S/C9H7BrFNO2.ClH/c10-5-2-1-3-6(11)8(5)7-4-14-9(13)12-7;/h1-3,7H,4H2,(H,12,13);1H/t7-;/m0./s1. The number of carbonyl (C=O) groups excluding carboxylic acids is 1. The minimum absolute atomic E-state index is 0. The molecule has 1 saturated heterocycles. The van der Waals surface area contributed by atoms with Crippen LogP contribution in [-0.4, -0.2) is 12.7 Å². The largest absolute Gasteiger partial charge is 0.447 e. The van der Waals surface area contributed by atoms with Crippen molar-refractivity contribution in [2.24, 2.45) is 0 Å². The minimum Gasteiger partial charge on any atom is -0.447 e. The van der Waals surface area contributed by atoms with Crippen molar-refractivity contribution in [2.45, 2.75) is 6.04 Å². The number of ether oxygens (including phenoxy) is 1. The lowest BCUT2D eigenvalue weighted by Crippen LogP contribution is -2.19. The van der Waals surface area contributed by atoms with Crippen molar-refractivity contribution in [3.8, 4) is 0 Å². The molecular formula is C9H8BrClFNO2. The van der Waals surface area contributed by atoms with Crippen molar-refractivity contribution < 1.29 is 13.9 Å². The van der Waals surface area contributed by atoms with E-state index in [2.05, 4.69) is 21.2 Å². The van der Waals surface area contributed by atoms with Gasteiger partial charge in [-0.25, -0.2) is 9.18 Å². The third kappa shape index (κ3) is 2.41. The van der Waals surface area contributed by atoms with Gasteiger partial charge in [-0.05, 0) is 12.1 Å². The highest BCUT2D eigenvalue weighted by atomic mass is 79.9. The third-order valence-corrected chi connectivity index (χ3v) is 2.71. The number of carbonyl (C=O) groups is 1. The molecule has 1 N–H and O–H groups in total. The van der Waals surface area contributed by atoms with Crippen molar-refractivity contribution in [3.63, 3.8) is 0 Å². The maximum absolute atomic E-state index is 13.4. The van der Waals surface area contributed by atoms with Gasteiger partial charge < -0.3 is 10.1 Å². The van der Waals surface area contributed by atoms with Crippen LogP contribution in [0.15, 0.2) is 22.7 Å². The zero-order valence-corrected chi connectivity index (χ0v) is 9.90. The summed E-state index contributed by atoms with van der Waals surface area (Å²) in [6.07, 6.45) is -0.509. The van der Waals surface area contributed by atoms with Gasteiger partial charge in [0, 0.05) is 10.0 Å². The average Bonchev–Trinajstić information content (AvgIpc) is 2.51. The fraction of sp³-hybridized carbons (Fsp3) is 0.222. The topological polar surface area (TPSA) is 38.3 Å². The summed E-state index contributed by atoms with van der Waals surface area (Å²) in [5.41, 5.74) is 0.429. The molecule has 0 spiro atoms. The van der Waals surface area contributed by atoms with Gasteiger partial charge in [0.05, 0.1) is 6.04 Å². The second kappa shape index (κ2) is 4.81. The number of hydrogen-bond donors (Lipinski definition) is 1. The number of rotatable bonds is 1. The Labute approximate surface area is 101 Å². The quantitative estimate of drug-likeness (QED) is 0.865. The van der Waals surface area contributed by atoms with Crippen molar-refractivity contribution in [2.75, 3.05) is 6.61 Å². The molecule has 0 unspecified atom stereocenters. The average molecular weight is 297 g/mol. The normalized spacial score (nSPS) is 19.1. The number of benzene rings is 1. The van der Waals surface area contributed by atoms with Gasteiger partial charge in [0.15, 0.2) is 0 Å². The first-order chi connectivity index (χ1) is 6.68. The molecule has 1 aliphatic rings. The number of halogens is 3. The number of cyclic esters (lactones) is 1. The molecule has 3 nitrogen and oxygen atoms in total. The summed E-state index contributed by atoms with van der Waals surface area (Å²) in [7, 11) is 0. The molecule has 0 aromatic heterocycles. The summed E-state index contributed by atoms with van der Waals surface area (Å²) in [5, 5.41) is 2.52. The zero-order chi connectivity index (χ0) is 10.1. The Kier molecular flexibility index (Phi) is 3.93. The highest BCUT2D eigenvalue weighted by Crippen LogP contribution is 2.28. The Balaban J connectivity index is 0.00000112. The number of amides is 1. The number of alkyl carbamates (subject to hydrolysis) is 1. The van der Waals surface area contributed by atoms with Crippen LogP contribution >= 0.6 is 28.3 Å². The van der Waals surface area contributed by atoms with Gasteiger partial charge in [-0.1, -0.05) is 22.0 Å². The lowest BCUT2D eigenvalue weighted by atomic mass is 10.1. The van der Waals surface area contributed by atoms with Gasteiger partial charge in [-0.15, -0.1) is 12.4 Å². The monoisotopic (exact) mass is 295 g/mol. The van der Waals surface area contributed by atoms with E-state index in [1.54, 1.807) is 12.1 Å². The van der Waals surface area contributed by atoms with E-state index >= 15 is 0 Å². The Morgan fingerprint density at radius 1 is 1.53 bits per heavy atom. The minimum atomic E-state index is -0.509. The van der Waals surface area contributed by atoms with E-state index in [4.69, 9.17) is 4.74 Å². The Bertz CT molecular complexity index is 368. The van der Waals surface area contributed by atoms with Crippen molar-refractivity contribution >= 4 is 34.4 Å². The molecule has 1 heterocycles. The molecule has 1 aromatic rings. The second-order valence-corrected chi connectivity index (χ2v) is 3.79. The van der Waals surface area contributed by atoms with Gasteiger partial charge >= 0.3 is 6.09 Å². The fourth-order valence-corrected chi connectivity index (χ4v) is 2.00. The summed E-state index contributed by atoms with van der Waals surface area (Å²) in [4.78, 5) is 10.8. The predicted molar refractivity (Wildman–Crippen MR) is 58.6 cm³/mol. The maximum Gasteiger partial charge on any atom is 0.407 e. The van der Waals surface area contributed by atoms with E-state index in [0.29, 0.717) is 10.0 Å². The van der Waals surface area contributed by atoms with Crippen molar-refractivity contribution in [1.82, 2.24) is 5.32 Å². The Hall–Kier alpha value is -0.810. The first-order valence-corrected chi connectivity index (χ1v) is 4.85. The van der Waals surface area contributed by atoms with E-state index < -0.39 is 12.1 Å². The molecule has 0 bridgehead atoms. The molecule has 82 valence electrons. The molecule has 1 aliphatic heterocycles. The molecule has 0 aliphatic carbocycles. The van der Waals surface area contributed by atoms with Gasteiger partial charge in [-0.3, -0.25) is 0 Å². The first-order valence-electron chi connectivity index (χ1n) is 4.05. The summed E-state index contributed by atoms with van der Waals surface area (Å²) in [5.74, 6) is -0.352. The smallest absolute Gasteiger partial charge is 0.407 e. The molecule has 1 aromatic carbocycles. The van der Waals surface area contributed by atoms with Crippen LogP contribution < -0.4 is 5.32 Å². The van der Waals surface area contributed by atoms with E-state index in [1.807, 2.05) is 0 Å². The molecule has 1 atom stereocenters. The summed E-state index contributed by atoms with van der Waals surface area (Å²) in [6.45, 7) is 0.165. The molecule has 1 fully saturated rings. The summed E-state index contributed by atoms with van der Waals surface area (Å²) < 4.78 is 18.7. The van der Waals surface area contributed by atoms with Crippen LogP contribution in [0.5, 0.6) is 0 Å². The van der Waals surface area contributed by atoms with Crippen LogP contribution in [-0.2, 0) is 4.74 Å². The summed E-state index contributed by atoms with van der Waals surface area (Å²) >= 11 is 3.23. The van der Waals surface area contributed by atoms with E-state index in [-0.39, 0.29) is 24.8 Å². The van der Waals surface area contributed by atoms with Crippen LogP contribution in [0.3, 0.4) is 0 Å². The van der Waals surface area contributed by atoms with E-state index in [9.17, 15) is 9.18 Å². The SMILES string of the molecule is Cl.O=C1N[C@H](c2c(F)cccc2Br)CO1. The van der Waals surface area contributed by atoms with Crippen LogP contribution in [0, 0.1) is 5.82 Å². The summed E-state index contributed by atoms with van der Waals surface area (Å²) in [6, 6.07) is 4.27. The molecule has 2 rings (SSSR count). The molecular weight excluding hydrogens is 288 g/mol. The van der Waals surface area contributed by atoms with Gasteiger partial charge in [0.25, 0.3) is 0 Å². The lowest BCUT2D eigenvalue weighted by molar-refractivity contribution is 0.176. The van der Waals surface area contributed by atoms with Crippen molar-refractivity contribution in [1.29, 1.82) is 0 Å². The zero-order valence-electron chi connectivity index (χ0n) is 7.50. The van der Waals surface area contributed by atoms with Crippen LogP contribution in [0.1, 0.15) is 11.6 Å². The van der Waals surface area contributed by atoms with Crippen LogP contribution in [0.4, 0.5) is 9.18 Å². The number of hydrogen-bond acceptors (Lipinski definition) is 2. The van der Waals surface area contributed by atoms with Gasteiger partial charge in [0.1, 0.15) is 12.4 Å². The highest BCUT2D eigenvalue weighted by Gasteiger charge is 2.27. The van der Waals surface area contributed by atoms with Crippen LogP contribution in [0.25, 0.3) is 0 Å². The van der Waals surface area contributed by atoms with Gasteiger partial charge in [0.2, 0.25) is 0 Å². The van der Waals surface area contributed by atoms with E-state index in [0.717, 1.165) is 0 Å². The van der Waals surface area contributed by atoms with Crippen LogP contribution in [0.2, 0.25) is 0 Å². The molecule has 0 saturated carbocycles. The third-order valence-electron chi connectivity index (χ3n) is 2.02. The molecule has 1 amide bonds. The Morgan fingerprint density at radius 2 is 2.27 bits per heavy atom. The number of nitrogens with one attached hydrogen (secondary N) is 1. The Morgan fingerprint density at radius 3 is 2.80 bits per heavy atom. The first kappa shape index (κ1) is 12.3. The second-order valence-electron chi connectivity index (χ2n) is 2.93. The lowest BCUT2D eigenvalue weighted by Gasteiger charge is -2.10. The predicted octanol–water partition coefficient (Wildman–Crippen LogP) is 2.79.